The second-order valence-corrected chi connectivity index (χ2v) is 7.50. The Morgan fingerprint density at radius 1 is 1.15 bits per heavy atom. The number of carbonyl (C=O) groups excluding carboxylic acids is 1. The van der Waals surface area contributed by atoms with E-state index in [0.29, 0.717) is 32.1 Å². The van der Waals surface area contributed by atoms with Gasteiger partial charge in [-0.05, 0) is 57.2 Å². The van der Waals surface area contributed by atoms with E-state index in [9.17, 15) is 9.18 Å². The summed E-state index contributed by atoms with van der Waals surface area (Å²) in [5.41, 5.74) is 1.41. The van der Waals surface area contributed by atoms with E-state index in [4.69, 9.17) is 0 Å². The number of thioether (sulfide) groups is 1. The summed E-state index contributed by atoms with van der Waals surface area (Å²) in [5.74, 6) is 1.17. The number of hydrogen-bond donors (Lipinski definition) is 3. The molecule has 1 aromatic rings. The van der Waals surface area contributed by atoms with Crippen LogP contribution < -0.4 is 16.0 Å². The summed E-state index contributed by atoms with van der Waals surface area (Å²) in [4.78, 5) is 16.7. The molecule has 5 nitrogen and oxygen atoms in total. The molecule has 1 amide bonds. The van der Waals surface area contributed by atoms with E-state index in [1.165, 1.54) is 6.07 Å². The van der Waals surface area contributed by atoms with Gasteiger partial charge in [0.1, 0.15) is 5.82 Å². The number of nitrogens with zero attached hydrogens (tertiary/aromatic N) is 1. The Hall–Kier alpha value is -1.76. The van der Waals surface area contributed by atoms with Gasteiger partial charge in [-0.2, -0.15) is 11.8 Å². The van der Waals surface area contributed by atoms with Crippen LogP contribution in [-0.2, 0) is 17.1 Å². The van der Waals surface area contributed by atoms with Crippen LogP contribution in [0.15, 0.2) is 23.2 Å². The number of rotatable bonds is 9. The number of halogens is 1. The molecule has 7 heteroatoms. The maximum Gasteiger partial charge on any atom is 0.227 e. The van der Waals surface area contributed by atoms with Crippen molar-refractivity contribution >= 4 is 23.6 Å². The SMILES string of the molecule is CCNC(=O)C(C)(C)CNC(=NCc1ccc(F)cc1CSC)NCC. The monoisotopic (exact) mass is 382 g/mol. The molecule has 0 fully saturated rings. The molecular formula is C19H31FN4OS. The van der Waals surface area contributed by atoms with E-state index in [1.807, 2.05) is 34.0 Å². The van der Waals surface area contributed by atoms with Crippen molar-refractivity contribution in [3.05, 3.63) is 35.1 Å². The van der Waals surface area contributed by atoms with Gasteiger partial charge in [0.25, 0.3) is 0 Å². The summed E-state index contributed by atoms with van der Waals surface area (Å²) in [5, 5.41) is 9.27. The number of guanidine groups is 1. The van der Waals surface area contributed by atoms with E-state index >= 15 is 0 Å². The lowest BCUT2D eigenvalue weighted by Crippen LogP contribution is -2.47. The predicted octanol–water partition coefficient (Wildman–Crippen LogP) is 2.91. The molecule has 0 heterocycles. The Morgan fingerprint density at radius 2 is 1.85 bits per heavy atom. The third-order valence-electron chi connectivity index (χ3n) is 3.87. The van der Waals surface area contributed by atoms with Crippen LogP contribution in [0.1, 0.15) is 38.8 Å². The molecule has 0 spiro atoms. The van der Waals surface area contributed by atoms with E-state index in [2.05, 4.69) is 20.9 Å². The Kier molecular flexibility index (Phi) is 9.48. The maximum atomic E-state index is 13.5. The number of carbonyl (C=O) groups is 1. The van der Waals surface area contributed by atoms with Gasteiger partial charge in [0.2, 0.25) is 5.91 Å². The lowest BCUT2D eigenvalue weighted by Gasteiger charge is -2.25. The van der Waals surface area contributed by atoms with Gasteiger partial charge in [0.15, 0.2) is 5.96 Å². The van der Waals surface area contributed by atoms with Gasteiger partial charge in [-0.15, -0.1) is 0 Å². The molecule has 26 heavy (non-hydrogen) atoms. The molecule has 0 aromatic heterocycles. The fourth-order valence-electron chi connectivity index (χ4n) is 2.33. The number of benzene rings is 1. The molecule has 3 N–H and O–H groups in total. The molecule has 0 unspecified atom stereocenters. The van der Waals surface area contributed by atoms with Crippen LogP contribution in [0, 0.1) is 11.2 Å². The summed E-state index contributed by atoms with van der Waals surface area (Å²) in [6.45, 7) is 9.92. The third kappa shape index (κ3) is 7.23. The zero-order valence-corrected chi connectivity index (χ0v) is 17.2. The van der Waals surface area contributed by atoms with Gasteiger partial charge >= 0.3 is 0 Å². The van der Waals surface area contributed by atoms with Crippen LogP contribution in [-0.4, -0.2) is 37.8 Å². The van der Waals surface area contributed by atoms with Crippen molar-refractivity contribution in [2.45, 2.75) is 40.0 Å². The van der Waals surface area contributed by atoms with Crippen molar-refractivity contribution in [1.82, 2.24) is 16.0 Å². The lowest BCUT2D eigenvalue weighted by atomic mass is 9.92. The quantitative estimate of drug-likeness (QED) is 0.454. The van der Waals surface area contributed by atoms with Crippen molar-refractivity contribution < 1.29 is 9.18 Å². The maximum absolute atomic E-state index is 13.5. The highest BCUT2D eigenvalue weighted by Crippen LogP contribution is 2.18. The first-order valence-corrected chi connectivity index (χ1v) is 10.3. The van der Waals surface area contributed by atoms with Crippen LogP contribution in [0.4, 0.5) is 4.39 Å². The predicted molar refractivity (Wildman–Crippen MR) is 109 cm³/mol. The fourth-order valence-corrected chi connectivity index (χ4v) is 2.91. The minimum Gasteiger partial charge on any atom is -0.357 e. The second kappa shape index (κ2) is 11.1. The number of nitrogens with one attached hydrogen (secondary N) is 3. The highest BCUT2D eigenvalue weighted by atomic mass is 32.2. The van der Waals surface area contributed by atoms with Crippen molar-refractivity contribution in [1.29, 1.82) is 0 Å². The summed E-state index contributed by atoms with van der Waals surface area (Å²) >= 11 is 1.65. The molecule has 0 aliphatic rings. The third-order valence-corrected chi connectivity index (χ3v) is 4.47. The van der Waals surface area contributed by atoms with Crippen LogP contribution in [0.25, 0.3) is 0 Å². The smallest absolute Gasteiger partial charge is 0.227 e. The van der Waals surface area contributed by atoms with Gasteiger partial charge in [-0.1, -0.05) is 6.07 Å². The van der Waals surface area contributed by atoms with Gasteiger partial charge in [0, 0.05) is 25.4 Å². The average Bonchev–Trinajstić information content (AvgIpc) is 2.59. The molecule has 1 rings (SSSR count). The molecular weight excluding hydrogens is 351 g/mol. The largest absolute Gasteiger partial charge is 0.357 e. The van der Waals surface area contributed by atoms with Crippen molar-refractivity contribution in [2.24, 2.45) is 10.4 Å². The normalized spacial score (nSPS) is 12.0. The highest BCUT2D eigenvalue weighted by Gasteiger charge is 2.27. The van der Waals surface area contributed by atoms with Gasteiger partial charge < -0.3 is 16.0 Å². The van der Waals surface area contributed by atoms with Gasteiger partial charge in [-0.3, -0.25) is 4.79 Å². The van der Waals surface area contributed by atoms with Crippen molar-refractivity contribution in [3.8, 4) is 0 Å². The molecule has 0 saturated carbocycles. The summed E-state index contributed by atoms with van der Waals surface area (Å²) in [6.07, 6.45) is 1.99. The van der Waals surface area contributed by atoms with E-state index in [-0.39, 0.29) is 11.7 Å². The first-order chi connectivity index (χ1) is 12.3. The first-order valence-electron chi connectivity index (χ1n) is 8.90. The average molecular weight is 383 g/mol. The van der Waals surface area contributed by atoms with Crippen LogP contribution in [0.2, 0.25) is 0 Å². The zero-order chi connectivity index (χ0) is 19.6. The summed E-state index contributed by atoms with van der Waals surface area (Å²) < 4.78 is 13.5. The van der Waals surface area contributed by atoms with E-state index in [0.717, 1.165) is 16.9 Å². The summed E-state index contributed by atoms with van der Waals surface area (Å²) in [7, 11) is 0. The standard InChI is InChI=1S/C19H31FN4OS/c1-6-21-17(25)19(3,4)13-24-18(22-7-2)23-11-14-8-9-16(20)10-15(14)12-26-5/h8-10H,6-7,11-13H2,1-5H3,(H,21,25)(H2,22,23,24). The van der Waals surface area contributed by atoms with Crippen LogP contribution in [0.5, 0.6) is 0 Å². The topological polar surface area (TPSA) is 65.5 Å². The molecule has 0 saturated heterocycles. The first kappa shape index (κ1) is 22.3. The van der Waals surface area contributed by atoms with Gasteiger partial charge in [-0.25, -0.2) is 9.38 Å². The molecule has 0 aliphatic carbocycles. The Balaban J connectivity index is 2.82. The fraction of sp³-hybridized carbons (Fsp3) is 0.579. The number of amides is 1. The minimum absolute atomic E-state index is 0.00383. The lowest BCUT2D eigenvalue weighted by molar-refractivity contribution is -0.128. The highest BCUT2D eigenvalue weighted by molar-refractivity contribution is 7.97. The van der Waals surface area contributed by atoms with Crippen LogP contribution in [0.3, 0.4) is 0 Å². The molecule has 0 bridgehead atoms. The minimum atomic E-state index is -0.550. The van der Waals surface area contributed by atoms with E-state index in [1.54, 1.807) is 23.9 Å². The Bertz CT molecular complexity index is 620. The molecule has 0 atom stereocenters. The zero-order valence-electron chi connectivity index (χ0n) is 16.4. The Labute approximate surface area is 160 Å². The van der Waals surface area contributed by atoms with E-state index < -0.39 is 5.41 Å². The molecule has 146 valence electrons. The Morgan fingerprint density at radius 3 is 2.46 bits per heavy atom. The van der Waals surface area contributed by atoms with Crippen LogP contribution >= 0.6 is 11.8 Å². The number of aliphatic imine (C=N–C) groups is 1. The van der Waals surface area contributed by atoms with Crippen molar-refractivity contribution in [3.63, 3.8) is 0 Å². The summed E-state index contributed by atoms with van der Waals surface area (Å²) in [6, 6.07) is 4.82. The van der Waals surface area contributed by atoms with Crippen molar-refractivity contribution in [2.75, 3.05) is 25.9 Å². The molecule has 0 radical (unpaired) electrons. The van der Waals surface area contributed by atoms with Gasteiger partial charge in [0.05, 0.1) is 12.0 Å². The number of hydrogen-bond acceptors (Lipinski definition) is 3. The second-order valence-electron chi connectivity index (χ2n) is 6.64. The molecule has 0 aliphatic heterocycles. The molecule has 1 aromatic carbocycles.